The van der Waals surface area contributed by atoms with Crippen LogP contribution in [0.2, 0.25) is 0 Å². The van der Waals surface area contributed by atoms with Crippen molar-refractivity contribution in [2.75, 3.05) is 10.6 Å². The largest absolute Gasteiger partial charge is 0.379 e. The Morgan fingerprint density at radius 3 is 2.47 bits per heavy atom. The van der Waals surface area contributed by atoms with Crippen LogP contribution in [0.15, 0.2) is 24.3 Å². The Balaban J connectivity index is 2.08. The van der Waals surface area contributed by atoms with Crippen LogP contribution < -0.4 is 10.6 Å². The van der Waals surface area contributed by atoms with E-state index in [1.54, 1.807) is 0 Å². The molecule has 2 N–H and O–H groups in total. The Labute approximate surface area is 92.1 Å². The maximum Gasteiger partial charge on any atom is 0.0578 e. The van der Waals surface area contributed by atoms with Crippen LogP contribution in [0.3, 0.4) is 0 Å². The summed E-state index contributed by atoms with van der Waals surface area (Å²) in [4.78, 5) is 0. The SMILES string of the molecule is CCCCC1Nc2ccccc2NC1C. The van der Waals surface area contributed by atoms with Crippen LogP contribution in [0.1, 0.15) is 33.1 Å². The molecule has 0 bridgehead atoms. The Morgan fingerprint density at radius 1 is 1.13 bits per heavy atom. The highest BCUT2D eigenvalue weighted by Gasteiger charge is 2.22. The van der Waals surface area contributed by atoms with Crippen molar-refractivity contribution in [3.05, 3.63) is 24.3 Å². The molecule has 2 unspecified atom stereocenters. The van der Waals surface area contributed by atoms with Crippen molar-refractivity contribution in [3.8, 4) is 0 Å². The van der Waals surface area contributed by atoms with Gasteiger partial charge in [0.2, 0.25) is 0 Å². The number of para-hydroxylation sites is 2. The molecule has 1 aromatic rings. The second-order valence-corrected chi connectivity index (χ2v) is 4.37. The Kier molecular flexibility index (Phi) is 3.14. The van der Waals surface area contributed by atoms with Gasteiger partial charge in [-0.25, -0.2) is 0 Å². The molecule has 0 saturated carbocycles. The van der Waals surface area contributed by atoms with Crippen molar-refractivity contribution < 1.29 is 0 Å². The highest BCUT2D eigenvalue weighted by Crippen LogP contribution is 2.29. The number of nitrogens with one attached hydrogen (secondary N) is 2. The molecule has 1 aromatic carbocycles. The van der Waals surface area contributed by atoms with Crippen molar-refractivity contribution in [3.63, 3.8) is 0 Å². The quantitative estimate of drug-likeness (QED) is 0.787. The predicted octanol–water partition coefficient (Wildman–Crippen LogP) is 3.47. The lowest BCUT2D eigenvalue weighted by molar-refractivity contribution is 0.546. The molecule has 2 rings (SSSR count). The van der Waals surface area contributed by atoms with Crippen molar-refractivity contribution in [2.24, 2.45) is 0 Å². The van der Waals surface area contributed by atoms with E-state index in [9.17, 15) is 0 Å². The third-order valence-corrected chi connectivity index (χ3v) is 3.12. The summed E-state index contributed by atoms with van der Waals surface area (Å²) in [5, 5.41) is 7.18. The molecule has 0 aromatic heterocycles. The highest BCUT2D eigenvalue weighted by molar-refractivity contribution is 5.71. The molecule has 2 heteroatoms. The lowest BCUT2D eigenvalue weighted by Crippen LogP contribution is -2.40. The van der Waals surface area contributed by atoms with E-state index in [0.717, 1.165) is 0 Å². The van der Waals surface area contributed by atoms with Crippen molar-refractivity contribution in [1.82, 2.24) is 0 Å². The number of unbranched alkanes of at least 4 members (excludes halogenated alkanes) is 1. The second kappa shape index (κ2) is 4.56. The first-order chi connectivity index (χ1) is 7.31. The van der Waals surface area contributed by atoms with Crippen molar-refractivity contribution in [1.29, 1.82) is 0 Å². The second-order valence-electron chi connectivity index (χ2n) is 4.37. The van der Waals surface area contributed by atoms with Crippen LogP contribution in [0, 0.1) is 0 Å². The van der Waals surface area contributed by atoms with Gasteiger partial charge in [0, 0.05) is 12.1 Å². The molecule has 0 saturated heterocycles. The third kappa shape index (κ3) is 2.25. The molecule has 0 amide bonds. The van der Waals surface area contributed by atoms with Gasteiger partial charge in [-0.15, -0.1) is 0 Å². The molecule has 0 fully saturated rings. The van der Waals surface area contributed by atoms with Gasteiger partial charge in [-0.2, -0.15) is 0 Å². The zero-order valence-electron chi connectivity index (χ0n) is 9.59. The summed E-state index contributed by atoms with van der Waals surface area (Å²) in [6.45, 7) is 4.50. The number of anilines is 2. The van der Waals surface area contributed by atoms with E-state index in [0.29, 0.717) is 12.1 Å². The maximum absolute atomic E-state index is 3.62. The Bertz CT molecular complexity index is 322. The molecule has 1 aliphatic heterocycles. The van der Waals surface area contributed by atoms with Gasteiger partial charge in [-0.1, -0.05) is 31.9 Å². The van der Waals surface area contributed by atoms with Crippen LogP contribution in [0.25, 0.3) is 0 Å². The van der Waals surface area contributed by atoms with Crippen LogP contribution in [0.4, 0.5) is 11.4 Å². The summed E-state index contributed by atoms with van der Waals surface area (Å²) in [7, 11) is 0. The molecule has 1 heterocycles. The van der Waals surface area contributed by atoms with E-state index in [-0.39, 0.29) is 0 Å². The standard InChI is InChI=1S/C13H20N2/c1-3-4-7-11-10(2)14-12-8-5-6-9-13(12)15-11/h5-6,8-11,14-15H,3-4,7H2,1-2H3. The minimum absolute atomic E-state index is 0.520. The van der Waals surface area contributed by atoms with E-state index < -0.39 is 0 Å². The zero-order chi connectivity index (χ0) is 10.7. The van der Waals surface area contributed by atoms with Gasteiger partial charge >= 0.3 is 0 Å². The number of rotatable bonds is 3. The minimum Gasteiger partial charge on any atom is -0.379 e. The van der Waals surface area contributed by atoms with E-state index in [4.69, 9.17) is 0 Å². The molecule has 15 heavy (non-hydrogen) atoms. The van der Waals surface area contributed by atoms with Gasteiger partial charge < -0.3 is 10.6 Å². The lowest BCUT2D eigenvalue weighted by Gasteiger charge is -2.34. The monoisotopic (exact) mass is 204 g/mol. The van der Waals surface area contributed by atoms with Crippen LogP contribution in [-0.4, -0.2) is 12.1 Å². The molecule has 0 spiro atoms. The van der Waals surface area contributed by atoms with Gasteiger partial charge in [0.25, 0.3) is 0 Å². The molecule has 0 aliphatic carbocycles. The van der Waals surface area contributed by atoms with Crippen LogP contribution in [-0.2, 0) is 0 Å². The number of hydrogen-bond acceptors (Lipinski definition) is 2. The summed E-state index contributed by atoms with van der Waals surface area (Å²) in [5.74, 6) is 0. The number of benzene rings is 1. The fourth-order valence-corrected chi connectivity index (χ4v) is 2.15. The fourth-order valence-electron chi connectivity index (χ4n) is 2.15. The normalized spacial score (nSPS) is 23.9. The average Bonchev–Trinajstić information content (AvgIpc) is 2.26. The van der Waals surface area contributed by atoms with Gasteiger partial charge in [0.05, 0.1) is 11.4 Å². The number of fused-ring (bicyclic) bond motifs is 1. The van der Waals surface area contributed by atoms with E-state index >= 15 is 0 Å². The van der Waals surface area contributed by atoms with Gasteiger partial charge in [0.1, 0.15) is 0 Å². The molecule has 1 aliphatic rings. The number of hydrogen-bond donors (Lipinski definition) is 2. The van der Waals surface area contributed by atoms with E-state index in [1.807, 2.05) is 0 Å². The predicted molar refractivity (Wildman–Crippen MR) is 66.5 cm³/mol. The zero-order valence-corrected chi connectivity index (χ0v) is 9.59. The Morgan fingerprint density at radius 2 is 1.80 bits per heavy atom. The smallest absolute Gasteiger partial charge is 0.0578 e. The molecule has 2 atom stereocenters. The van der Waals surface area contributed by atoms with Gasteiger partial charge in [-0.05, 0) is 25.5 Å². The van der Waals surface area contributed by atoms with Crippen LogP contribution >= 0.6 is 0 Å². The van der Waals surface area contributed by atoms with Gasteiger partial charge in [0.15, 0.2) is 0 Å². The Hall–Kier alpha value is -1.18. The first-order valence-electron chi connectivity index (χ1n) is 5.93. The first-order valence-corrected chi connectivity index (χ1v) is 5.93. The average molecular weight is 204 g/mol. The summed E-state index contributed by atoms with van der Waals surface area (Å²) in [6, 6.07) is 9.53. The minimum atomic E-state index is 0.520. The van der Waals surface area contributed by atoms with Gasteiger partial charge in [-0.3, -0.25) is 0 Å². The molecule has 82 valence electrons. The molecular weight excluding hydrogens is 184 g/mol. The highest BCUT2D eigenvalue weighted by atomic mass is 15.1. The van der Waals surface area contributed by atoms with Crippen molar-refractivity contribution in [2.45, 2.75) is 45.2 Å². The molecule has 2 nitrogen and oxygen atoms in total. The third-order valence-electron chi connectivity index (χ3n) is 3.12. The fraction of sp³-hybridized carbons (Fsp3) is 0.538. The topological polar surface area (TPSA) is 24.1 Å². The lowest BCUT2D eigenvalue weighted by atomic mass is 9.99. The van der Waals surface area contributed by atoms with Crippen molar-refractivity contribution >= 4 is 11.4 Å². The summed E-state index contributed by atoms with van der Waals surface area (Å²) >= 11 is 0. The van der Waals surface area contributed by atoms with E-state index in [2.05, 4.69) is 48.7 Å². The molecule has 0 radical (unpaired) electrons. The summed E-state index contributed by atoms with van der Waals surface area (Å²) in [5.41, 5.74) is 2.48. The summed E-state index contributed by atoms with van der Waals surface area (Å²) in [6.07, 6.45) is 3.82. The van der Waals surface area contributed by atoms with Crippen LogP contribution in [0.5, 0.6) is 0 Å². The summed E-state index contributed by atoms with van der Waals surface area (Å²) < 4.78 is 0. The molecular formula is C13H20N2. The first kappa shape index (κ1) is 10.3. The maximum atomic E-state index is 3.62. The van der Waals surface area contributed by atoms with E-state index in [1.165, 1.54) is 30.6 Å².